The first kappa shape index (κ1) is 21.4. The van der Waals surface area contributed by atoms with Crippen molar-refractivity contribution in [1.82, 2.24) is 10.6 Å². The van der Waals surface area contributed by atoms with Gasteiger partial charge in [-0.25, -0.2) is 9.59 Å². The number of ether oxygens (including phenoxy) is 2. The van der Waals surface area contributed by atoms with Gasteiger partial charge in [-0.1, -0.05) is 44.2 Å². The summed E-state index contributed by atoms with van der Waals surface area (Å²) in [4.78, 5) is 35.9. The van der Waals surface area contributed by atoms with Gasteiger partial charge in [-0.3, -0.25) is 4.79 Å². The van der Waals surface area contributed by atoms with E-state index in [1.807, 2.05) is 44.2 Å². The Hall–Kier alpha value is -2.61. The molecule has 0 saturated carbocycles. The molecular formula is C18H26N2O6. The number of carbonyl (C=O) groups is 3. The molecule has 0 aromatic heterocycles. The fourth-order valence-electron chi connectivity index (χ4n) is 2.20. The standard InChI is InChI=1S/C18H26N2O6/c1-12(2)9-14(16(22)19-15(10-21)17(23)25-3)20-18(24)26-11-13-7-5-4-6-8-13/h4-8,12,14-15,21H,9-11H2,1-3H3,(H,19,22)(H,20,24)/t14-,15+/m0/s1. The predicted octanol–water partition coefficient (Wildman–Crippen LogP) is 0.978. The molecule has 1 aromatic rings. The number of benzene rings is 1. The fraction of sp³-hybridized carbons (Fsp3) is 0.500. The Bertz CT molecular complexity index is 591. The molecule has 2 atom stereocenters. The molecule has 3 N–H and O–H groups in total. The Balaban J connectivity index is 2.65. The summed E-state index contributed by atoms with van der Waals surface area (Å²) in [7, 11) is 1.15. The van der Waals surface area contributed by atoms with Crippen LogP contribution in [0.25, 0.3) is 0 Å². The SMILES string of the molecule is COC(=O)[C@@H](CO)NC(=O)[C@H](CC(C)C)NC(=O)OCc1ccccc1. The Morgan fingerprint density at radius 1 is 1.08 bits per heavy atom. The number of hydrogen-bond acceptors (Lipinski definition) is 6. The van der Waals surface area contributed by atoms with Crippen LogP contribution in [0.3, 0.4) is 0 Å². The number of alkyl carbamates (subject to hydrolysis) is 1. The summed E-state index contributed by atoms with van der Waals surface area (Å²) in [5, 5.41) is 14.1. The number of nitrogens with one attached hydrogen (secondary N) is 2. The molecule has 0 spiro atoms. The molecule has 0 heterocycles. The molecule has 0 radical (unpaired) electrons. The Morgan fingerprint density at radius 3 is 2.27 bits per heavy atom. The smallest absolute Gasteiger partial charge is 0.408 e. The molecule has 0 unspecified atom stereocenters. The highest BCUT2D eigenvalue weighted by Crippen LogP contribution is 2.07. The van der Waals surface area contributed by atoms with Crippen LogP contribution in [-0.2, 0) is 25.7 Å². The van der Waals surface area contributed by atoms with Crippen molar-refractivity contribution in [3.8, 4) is 0 Å². The zero-order valence-electron chi connectivity index (χ0n) is 15.2. The second-order valence-corrected chi connectivity index (χ2v) is 6.16. The van der Waals surface area contributed by atoms with Gasteiger partial charge in [-0.05, 0) is 17.9 Å². The van der Waals surface area contributed by atoms with Crippen molar-refractivity contribution < 1.29 is 29.0 Å². The second-order valence-electron chi connectivity index (χ2n) is 6.16. The summed E-state index contributed by atoms with van der Waals surface area (Å²) in [6, 6.07) is 7.04. The number of esters is 1. The summed E-state index contributed by atoms with van der Waals surface area (Å²) in [6.45, 7) is 3.25. The van der Waals surface area contributed by atoms with Gasteiger partial charge in [0.1, 0.15) is 12.6 Å². The van der Waals surface area contributed by atoms with Crippen LogP contribution < -0.4 is 10.6 Å². The van der Waals surface area contributed by atoms with E-state index in [0.717, 1.165) is 12.7 Å². The van der Waals surface area contributed by atoms with E-state index in [4.69, 9.17) is 4.74 Å². The van der Waals surface area contributed by atoms with E-state index in [1.54, 1.807) is 0 Å². The molecular weight excluding hydrogens is 340 g/mol. The van der Waals surface area contributed by atoms with E-state index in [1.165, 1.54) is 0 Å². The van der Waals surface area contributed by atoms with Crippen molar-refractivity contribution in [2.24, 2.45) is 5.92 Å². The van der Waals surface area contributed by atoms with Crippen LogP contribution in [-0.4, -0.2) is 48.9 Å². The summed E-state index contributed by atoms with van der Waals surface area (Å²) in [6.07, 6.45) is -0.403. The first-order valence-electron chi connectivity index (χ1n) is 8.33. The third-order valence-corrected chi connectivity index (χ3v) is 3.51. The molecule has 26 heavy (non-hydrogen) atoms. The van der Waals surface area contributed by atoms with E-state index in [0.29, 0.717) is 6.42 Å². The number of rotatable bonds is 9. The van der Waals surface area contributed by atoms with Gasteiger partial charge in [-0.2, -0.15) is 0 Å². The molecule has 0 saturated heterocycles. The number of aliphatic hydroxyl groups is 1. The lowest BCUT2D eigenvalue weighted by Crippen LogP contribution is -2.53. The van der Waals surface area contributed by atoms with E-state index >= 15 is 0 Å². The largest absolute Gasteiger partial charge is 0.467 e. The van der Waals surface area contributed by atoms with Gasteiger partial charge in [0.25, 0.3) is 0 Å². The van der Waals surface area contributed by atoms with Crippen molar-refractivity contribution >= 4 is 18.0 Å². The van der Waals surface area contributed by atoms with Crippen LogP contribution >= 0.6 is 0 Å². The average Bonchev–Trinajstić information content (AvgIpc) is 2.63. The first-order chi connectivity index (χ1) is 12.4. The van der Waals surface area contributed by atoms with E-state index in [-0.39, 0.29) is 12.5 Å². The van der Waals surface area contributed by atoms with E-state index in [9.17, 15) is 19.5 Å². The minimum Gasteiger partial charge on any atom is -0.467 e. The molecule has 8 nitrogen and oxygen atoms in total. The van der Waals surface area contributed by atoms with Crippen molar-refractivity contribution in [3.63, 3.8) is 0 Å². The topological polar surface area (TPSA) is 114 Å². The Kier molecular flexibility index (Phi) is 9.14. The van der Waals surface area contributed by atoms with Gasteiger partial charge in [-0.15, -0.1) is 0 Å². The van der Waals surface area contributed by atoms with Crippen molar-refractivity contribution in [2.45, 2.75) is 39.0 Å². The van der Waals surface area contributed by atoms with Crippen LogP contribution in [0.4, 0.5) is 4.79 Å². The molecule has 144 valence electrons. The minimum atomic E-state index is -1.19. The quantitative estimate of drug-likeness (QED) is 0.561. The number of hydrogen-bond donors (Lipinski definition) is 3. The average molecular weight is 366 g/mol. The van der Waals surface area contributed by atoms with Crippen molar-refractivity contribution in [2.75, 3.05) is 13.7 Å². The lowest BCUT2D eigenvalue weighted by molar-refractivity contribution is -0.146. The van der Waals surface area contributed by atoms with Crippen LogP contribution in [0.5, 0.6) is 0 Å². The number of methoxy groups -OCH3 is 1. The second kappa shape index (κ2) is 11.1. The maximum atomic E-state index is 12.4. The van der Waals surface area contributed by atoms with Gasteiger partial charge in [0.2, 0.25) is 5.91 Å². The molecule has 0 fully saturated rings. The molecule has 1 rings (SSSR count). The zero-order chi connectivity index (χ0) is 19.5. The summed E-state index contributed by atoms with van der Waals surface area (Å²) in [5.74, 6) is -1.26. The third kappa shape index (κ3) is 7.52. The van der Waals surface area contributed by atoms with Crippen LogP contribution in [0, 0.1) is 5.92 Å². The van der Waals surface area contributed by atoms with Gasteiger partial charge in [0, 0.05) is 0 Å². The highest BCUT2D eigenvalue weighted by Gasteiger charge is 2.27. The Labute approximate surface area is 152 Å². The lowest BCUT2D eigenvalue weighted by atomic mass is 10.0. The monoisotopic (exact) mass is 366 g/mol. The third-order valence-electron chi connectivity index (χ3n) is 3.51. The Morgan fingerprint density at radius 2 is 1.73 bits per heavy atom. The van der Waals surface area contributed by atoms with Gasteiger partial charge in [0.15, 0.2) is 6.04 Å². The predicted molar refractivity (Wildman–Crippen MR) is 94.0 cm³/mol. The summed E-state index contributed by atoms with van der Waals surface area (Å²) < 4.78 is 9.63. The van der Waals surface area contributed by atoms with Crippen LogP contribution in [0.1, 0.15) is 25.8 Å². The minimum absolute atomic E-state index is 0.0735. The summed E-state index contributed by atoms with van der Waals surface area (Å²) in [5.41, 5.74) is 0.818. The zero-order valence-corrected chi connectivity index (χ0v) is 15.2. The molecule has 0 bridgehead atoms. The first-order valence-corrected chi connectivity index (χ1v) is 8.33. The molecule has 0 aliphatic heterocycles. The van der Waals surface area contributed by atoms with Gasteiger partial charge < -0.3 is 25.2 Å². The number of amides is 2. The van der Waals surface area contributed by atoms with E-state index in [2.05, 4.69) is 15.4 Å². The van der Waals surface area contributed by atoms with Crippen LogP contribution in [0.15, 0.2) is 30.3 Å². The molecule has 2 amide bonds. The fourth-order valence-corrected chi connectivity index (χ4v) is 2.20. The maximum Gasteiger partial charge on any atom is 0.408 e. The molecule has 0 aliphatic rings. The normalized spacial score (nSPS) is 12.8. The van der Waals surface area contributed by atoms with E-state index < -0.39 is 36.7 Å². The molecule has 8 heteroatoms. The molecule has 0 aliphatic carbocycles. The number of carbonyl (C=O) groups excluding carboxylic acids is 3. The van der Waals surface area contributed by atoms with Gasteiger partial charge >= 0.3 is 12.1 Å². The number of aliphatic hydroxyl groups excluding tert-OH is 1. The maximum absolute atomic E-state index is 12.4. The van der Waals surface area contributed by atoms with Crippen molar-refractivity contribution in [1.29, 1.82) is 0 Å². The summed E-state index contributed by atoms with van der Waals surface area (Å²) >= 11 is 0. The van der Waals surface area contributed by atoms with Crippen molar-refractivity contribution in [3.05, 3.63) is 35.9 Å². The lowest BCUT2D eigenvalue weighted by Gasteiger charge is -2.22. The van der Waals surface area contributed by atoms with Gasteiger partial charge in [0.05, 0.1) is 13.7 Å². The molecule has 1 aromatic carbocycles. The highest BCUT2D eigenvalue weighted by molar-refractivity contribution is 5.89. The van der Waals surface area contributed by atoms with Crippen LogP contribution in [0.2, 0.25) is 0 Å². The highest BCUT2D eigenvalue weighted by atomic mass is 16.5.